The number of thiocarbonyl (C=S) groups is 1. The quantitative estimate of drug-likeness (QED) is 0.510. The molecule has 0 aromatic heterocycles. The summed E-state index contributed by atoms with van der Waals surface area (Å²) >= 11 is 5.24. The first-order valence-electron chi connectivity index (χ1n) is 6.70. The van der Waals surface area contributed by atoms with E-state index in [-0.39, 0.29) is 0 Å². The molecular weight excluding hydrogens is 270 g/mol. The molecule has 2 aliphatic rings. The first kappa shape index (κ1) is 13.1. The molecule has 0 saturated heterocycles. The lowest BCUT2D eigenvalue weighted by atomic mass is 9.74. The molecule has 1 saturated carbocycles. The summed E-state index contributed by atoms with van der Waals surface area (Å²) in [5.41, 5.74) is 5.03. The van der Waals surface area contributed by atoms with Gasteiger partial charge in [0.2, 0.25) is 0 Å². The summed E-state index contributed by atoms with van der Waals surface area (Å²) in [6, 6.07) is 7.63. The SMILES string of the molecule is COc1cccc(NC(=S)N/N=C2\CC3C=CCC23)c1. The van der Waals surface area contributed by atoms with Gasteiger partial charge >= 0.3 is 0 Å². The number of rotatable bonds is 3. The summed E-state index contributed by atoms with van der Waals surface area (Å²) in [6.45, 7) is 0. The Morgan fingerprint density at radius 2 is 2.35 bits per heavy atom. The van der Waals surface area contributed by atoms with Crippen molar-refractivity contribution in [1.82, 2.24) is 5.43 Å². The molecule has 0 aliphatic heterocycles. The third-order valence-corrected chi connectivity index (χ3v) is 3.98. The minimum atomic E-state index is 0.500. The Bertz CT molecular complexity index is 582. The fourth-order valence-corrected chi connectivity index (χ4v) is 2.81. The van der Waals surface area contributed by atoms with Crippen LogP contribution in [-0.4, -0.2) is 17.9 Å². The molecule has 4 nitrogen and oxygen atoms in total. The monoisotopic (exact) mass is 287 g/mol. The van der Waals surface area contributed by atoms with Gasteiger partial charge in [-0.1, -0.05) is 18.2 Å². The van der Waals surface area contributed by atoms with Gasteiger partial charge in [-0.25, -0.2) is 0 Å². The number of fused-ring (bicyclic) bond motifs is 1. The van der Waals surface area contributed by atoms with Crippen LogP contribution in [0.1, 0.15) is 12.8 Å². The zero-order chi connectivity index (χ0) is 13.9. The number of anilines is 1. The molecule has 1 aromatic carbocycles. The van der Waals surface area contributed by atoms with Crippen molar-refractivity contribution in [3.8, 4) is 5.75 Å². The summed E-state index contributed by atoms with van der Waals surface area (Å²) in [5, 5.41) is 8.00. The second-order valence-electron chi connectivity index (χ2n) is 5.04. The number of hydrazone groups is 1. The lowest BCUT2D eigenvalue weighted by Gasteiger charge is -2.31. The predicted octanol–water partition coefficient (Wildman–Crippen LogP) is 2.93. The van der Waals surface area contributed by atoms with E-state index in [1.807, 2.05) is 24.3 Å². The fraction of sp³-hybridized carbons (Fsp3) is 0.333. The van der Waals surface area contributed by atoms with Crippen LogP contribution in [0.3, 0.4) is 0 Å². The molecule has 0 bridgehead atoms. The third-order valence-electron chi connectivity index (χ3n) is 3.79. The van der Waals surface area contributed by atoms with Crippen LogP contribution >= 0.6 is 12.2 Å². The van der Waals surface area contributed by atoms with Crippen LogP contribution < -0.4 is 15.5 Å². The summed E-state index contributed by atoms with van der Waals surface area (Å²) in [4.78, 5) is 0. The summed E-state index contributed by atoms with van der Waals surface area (Å²) < 4.78 is 5.17. The van der Waals surface area contributed by atoms with Gasteiger partial charge in [0.05, 0.1) is 7.11 Å². The van der Waals surface area contributed by atoms with Crippen molar-refractivity contribution in [2.24, 2.45) is 16.9 Å². The number of methoxy groups -OCH3 is 1. The number of allylic oxidation sites excluding steroid dienone is 2. The molecule has 0 amide bonds. The molecule has 1 aromatic rings. The van der Waals surface area contributed by atoms with Gasteiger partial charge in [-0.05, 0) is 43.1 Å². The number of nitrogens with one attached hydrogen (secondary N) is 2. The summed E-state index contributed by atoms with van der Waals surface area (Å²) in [7, 11) is 1.64. The van der Waals surface area contributed by atoms with Crippen molar-refractivity contribution in [3.63, 3.8) is 0 Å². The second kappa shape index (κ2) is 5.63. The highest BCUT2D eigenvalue weighted by molar-refractivity contribution is 7.80. The molecule has 0 heterocycles. The van der Waals surface area contributed by atoms with Crippen molar-refractivity contribution < 1.29 is 4.74 Å². The molecule has 20 heavy (non-hydrogen) atoms. The highest BCUT2D eigenvalue weighted by Crippen LogP contribution is 2.40. The largest absolute Gasteiger partial charge is 0.497 e. The van der Waals surface area contributed by atoms with E-state index in [1.54, 1.807) is 7.11 Å². The van der Waals surface area contributed by atoms with Crippen LogP contribution in [0.2, 0.25) is 0 Å². The van der Waals surface area contributed by atoms with E-state index in [9.17, 15) is 0 Å². The van der Waals surface area contributed by atoms with E-state index in [0.29, 0.717) is 16.9 Å². The lowest BCUT2D eigenvalue weighted by Crippen LogP contribution is -2.36. The van der Waals surface area contributed by atoms with Gasteiger partial charge in [0, 0.05) is 23.4 Å². The molecule has 5 heteroatoms. The zero-order valence-corrected chi connectivity index (χ0v) is 12.1. The Hall–Kier alpha value is -1.88. The number of hydrogen-bond donors (Lipinski definition) is 2. The van der Waals surface area contributed by atoms with Gasteiger partial charge in [0.15, 0.2) is 5.11 Å². The highest BCUT2D eigenvalue weighted by atomic mass is 32.1. The predicted molar refractivity (Wildman–Crippen MR) is 85.1 cm³/mol. The lowest BCUT2D eigenvalue weighted by molar-refractivity contribution is 0.415. The molecule has 0 spiro atoms. The van der Waals surface area contributed by atoms with Gasteiger partial charge in [-0.2, -0.15) is 5.10 Å². The standard InChI is InChI=1S/C15H17N3OS/c1-19-12-6-3-5-11(9-12)16-15(20)18-17-14-8-10-4-2-7-13(10)14/h2-6,9-10,13H,7-8H2,1H3,(H2,16,18,20)/b17-14+. The van der Waals surface area contributed by atoms with E-state index in [0.717, 1.165) is 24.3 Å². The number of hydrogen-bond acceptors (Lipinski definition) is 3. The van der Waals surface area contributed by atoms with Crippen molar-refractivity contribution in [1.29, 1.82) is 0 Å². The minimum absolute atomic E-state index is 0.500. The molecule has 2 N–H and O–H groups in total. The molecule has 2 unspecified atom stereocenters. The van der Waals surface area contributed by atoms with Crippen LogP contribution in [0.4, 0.5) is 5.69 Å². The fourth-order valence-electron chi connectivity index (χ4n) is 2.65. The first-order chi connectivity index (χ1) is 9.76. The molecule has 3 rings (SSSR count). The first-order valence-corrected chi connectivity index (χ1v) is 7.11. The van der Waals surface area contributed by atoms with Crippen LogP contribution in [0.5, 0.6) is 5.75 Å². The Morgan fingerprint density at radius 3 is 3.15 bits per heavy atom. The van der Waals surface area contributed by atoms with Crippen molar-refractivity contribution >= 4 is 28.7 Å². The van der Waals surface area contributed by atoms with Gasteiger partial charge in [0.1, 0.15) is 5.75 Å². The number of ether oxygens (including phenoxy) is 1. The molecule has 2 atom stereocenters. The number of nitrogens with zero attached hydrogens (tertiary/aromatic N) is 1. The molecule has 0 radical (unpaired) electrons. The summed E-state index contributed by atoms with van der Waals surface area (Å²) in [6.07, 6.45) is 6.69. The molecule has 2 aliphatic carbocycles. The topological polar surface area (TPSA) is 45.6 Å². The smallest absolute Gasteiger partial charge is 0.191 e. The van der Waals surface area contributed by atoms with Gasteiger partial charge in [0.25, 0.3) is 0 Å². The van der Waals surface area contributed by atoms with Crippen LogP contribution in [0.25, 0.3) is 0 Å². The third kappa shape index (κ3) is 2.67. The van der Waals surface area contributed by atoms with E-state index < -0.39 is 0 Å². The van der Waals surface area contributed by atoms with Crippen LogP contribution in [0, 0.1) is 11.8 Å². The van der Waals surface area contributed by atoms with E-state index in [1.165, 1.54) is 5.71 Å². The average Bonchev–Trinajstić information content (AvgIpc) is 2.81. The minimum Gasteiger partial charge on any atom is -0.497 e. The normalized spacial score (nSPS) is 24.9. The van der Waals surface area contributed by atoms with Crippen molar-refractivity contribution in [2.75, 3.05) is 12.4 Å². The van der Waals surface area contributed by atoms with E-state index in [2.05, 4.69) is 28.0 Å². The van der Waals surface area contributed by atoms with E-state index in [4.69, 9.17) is 17.0 Å². The number of benzene rings is 1. The zero-order valence-electron chi connectivity index (χ0n) is 11.3. The molecule has 1 fully saturated rings. The Morgan fingerprint density at radius 1 is 1.45 bits per heavy atom. The Kier molecular flexibility index (Phi) is 3.69. The maximum atomic E-state index is 5.24. The molecular formula is C15H17N3OS. The van der Waals surface area contributed by atoms with Crippen molar-refractivity contribution in [2.45, 2.75) is 12.8 Å². The van der Waals surface area contributed by atoms with Crippen LogP contribution in [-0.2, 0) is 0 Å². The molecule has 104 valence electrons. The van der Waals surface area contributed by atoms with E-state index >= 15 is 0 Å². The van der Waals surface area contributed by atoms with Gasteiger partial charge in [-0.15, -0.1) is 0 Å². The maximum absolute atomic E-state index is 5.24. The Labute approximate surface area is 123 Å². The van der Waals surface area contributed by atoms with Gasteiger partial charge in [-0.3, -0.25) is 5.43 Å². The maximum Gasteiger partial charge on any atom is 0.191 e. The highest BCUT2D eigenvalue weighted by Gasteiger charge is 2.37. The van der Waals surface area contributed by atoms with Crippen LogP contribution in [0.15, 0.2) is 41.5 Å². The van der Waals surface area contributed by atoms with Crippen molar-refractivity contribution in [3.05, 3.63) is 36.4 Å². The average molecular weight is 287 g/mol. The van der Waals surface area contributed by atoms with Gasteiger partial charge < -0.3 is 10.1 Å². The Balaban J connectivity index is 1.53. The summed E-state index contributed by atoms with van der Waals surface area (Å²) in [5.74, 6) is 2.10. The second-order valence-corrected chi connectivity index (χ2v) is 5.45.